The van der Waals surface area contributed by atoms with Crippen LogP contribution in [0.15, 0.2) is 0 Å². The molecule has 0 spiro atoms. The Hall–Kier alpha value is -0.0600. The molecule has 0 aliphatic heterocycles. The Labute approximate surface area is 80.5 Å². The van der Waals surface area contributed by atoms with Gasteiger partial charge >= 0.3 is 41.5 Å². The summed E-state index contributed by atoms with van der Waals surface area (Å²) < 4.78 is 0. The molecule has 0 aliphatic rings. The molecule has 0 saturated heterocycles. The van der Waals surface area contributed by atoms with Gasteiger partial charge in [0.2, 0.25) is 0 Å². The molecule has 0 heterocycles. The van der Waals surface area contributed by atoms with Crippen molar-refractivity contribution in [2.24, 2.45) is 0 Å². The van der Waals surface area contributed by atoms with E-state index in [0.717, 1.165) is 0 Å². The van der Waals surface area contributed by atoms with Crippen molar-refractivity contribution >= 4 is 41.5 Å². The minimum atomic E-state index is -0.948. The van der Waals surface area contributed by atoms with E-state index in [1.54, 1.807) is 0 Å². The van der Waals surface area contributed by atoms with Crippen molar-refractivity contribution < 1.29 is 19.8 Å². The van der Waals surface area contributed by atoms with E-state index in [-0.39, 0.29) is 48.8 Å². The Balaban J connectivity index is 0. The van der Waals surface area contributed by atoms with E-state index in [9.17, 15) is 9.59 Å². The number of carboxylic acids is 2. The first-order valence-corrected chi connectivity index (χ1v) is 2.56. The molecule has 54 valence electrons. The second kappa shape index (κ2) is 7.05. The second-order valence-corrected chi connectivity index (χ2v) is 1.64. The number of aliphatic carboxylic acids is 2. The molecular weight excluding hydrogens is 147 g/mol. The Morgan fingerprint density at radius 2 is 1.30 bits per heavy atom. The first-order valence-electron chi connectivity index (χ1n) is 2.56. The van der Waals surface area contributed by atoms with Gasteiger partial charge in [0.05, 0.1) is 0 Å². The number of hydrogen-bond acceptors (Lipinski definition) is 2. The predicted molar refractivity (Wildman–Crippen MR) is 36.3 cm³/mol. The molecule has 0 unspecified atom stereocenters. The Morgan fingerprint density at radius 1 is 1.00 bits per heavy atom. The van der Waals surface area contributed by atoms with Crippen LogP contribution < -0.4 is 0 Å². The van der Waals surface area contributed by atoms with Gasteiger partial charge in [-0.25, -0.2) is 0 Å². The predicted octanol–water partition coefficient (Wildman–Crippen LogP) is -0.323. The van der Waals surface area contributed by atoms with Gasteiger partial charge in [0.15, 0.2) is 0 Å². The van der Waals surface area contributed by atoms with E-state index < -0.39 is 11.9 Å². The molecule has 0 aliphatic carbocycles. The number of rotatable bonds is 4. The fraction of sp³-hybridized carbons (Fsp3) is 0.600. The van der Waals surface area contributed by atoms with E-state index in [2.05, 4.69) is 0 Å². The van der Waals surface area contributed by atoms with Gasteiger partial charge in [0, 0.05) is 12.8 Å². The first kappa shape index (κ1) is 12.6. The van der Waals surface area contributed by atoms with Gasteiger partial charge in [0.1, 0.15) is 0 Å². The van der Waals surface area contributed by atoms with Gasteiger partial charge < -0.3 is 10.2 Å². The maximum absolute atomic E-state index is 9.79. The molecule has 0 amide bonds. The van der Waals surface area contributed by atoms with Gasteiger partial charge in [-0.3, -0.25) is 9.59 Å². The van der Waals surface area contributed by atoms with E-state index in [1.807, 2.05) is 0 Å². The van der Waals surface area contributed by atoms with Crippen LogP contribution in [0.3, 0.4) is 0 Å². The summed E-state index contributed by atoms with van der Waals surface area (Å²) in [5.74, 6) is -1.90. The van der Waals surface area contributed by atoms with Crippen LogP contribution in [0.1, 0.15) is 19.3 Å². The van der Waals surface area contributed by atoms with Crippen molar-refractivity contribution in [3.63, 3.8) is 0 Å². The van der Waals surface area contributed by atoms with Crippen LogP contribution >= 0.6 is 0 Å². The molecule has 0 bridgehead atoms. The quantitative estimate of drug-likeness (QED) is 0.547. The van der Waals surface area contributed by atoms with Gasteiger partial charge in [0.25, 0.3) is 0 Å². The summed E-state index contributed by atoms with van der Waals surface area (Å²) in [7, 11) is 0. The van der Waals surface area contributed by atoms with Gasteiger partial charge in [-0.1, -0.05) is 0 Å². The van der Waals surface area contributed by atoms with Crippen molar-refractivity contribution in [2.45, 2.75) is 19.3 Å². The van der Waals surface area contributed by atoms with E-state index in [0.29, 0.717) is 0 Å². The molecule has 0 atom stereocenters. The Bertz CT molecular complexity index is 109. The molecule has 5 heteroatoms. The third-order valence-corrected chi connectivity index (χ3v) is 0.781. The monoisotopic (exact) mass is 156 g/mol. The summed E-state index contributed by atoms with van der Waals surface area (Å²) in [5, 5.41) is 16.1. The zero-order chi connectivity index (χ0) is 7.28. The molecule has 0 radical (unpaired) electrons. The maximum atomic E-state index is 9.79. The zero-order valence-corrected chi connectivity index (χ0v) is 4.83. The van der Waals surface area contributed by atoms with Gasteiger partial charge in [-0.2, -0.15) is 0 Å². The van der Waals surface area contributed by atoms with Gasteiger partial charge in [-0.15, -0.1) is 0 Å². The van der Waals surface area contributed by atoms with Crippen LogP contribution in [0.4, 0.5) is 0 Å². The topological polar surface area (TPSA) is 74.6 Å². The standard InChI is InChI=1S/C5H8O4.Na.H/c6-4(7)2-1-3-5(8)9;;/h1-3H2,(H,6,7)(H,8,9);;. The average molecular weight is 156 g/mol. The molecule has 10 heavy (non-hydrogen) atoms. The van der Waals surface area contributed by atoms with Crippen LogP contribution in [0.5, 0.6) is 0 Å². The summed E-state index contributed by atoms with van der Waals surface area (Å²) in [6, 6.07) is 0. The summed E-state index contributed by atoms with van der Waals surface area (Å²) >= 11 is 0. The molecule has 0 aromatic rings. The van der Waals surface area contributed by atoms with Crippen LogP contribution in [0, 0.1) is 0 Å². The van der Waals surface area contributed by atoms with Crippen LogP contribution in [-0.2, 0) is 9.59 Å². The van der Waals surface area contributed by atoms with Crippen molar-refractivity contribution in [1.82, 2.24) is 0 Å². The van der Waals surface area contributed by atoms with Crippen LogP contribution in [-0.4, -0.2) is 51.7 Å². The third kappa shape index (κ3) is 10.8. The van der Waals surface area contributed by atoms with E-state index >= 15 is 0 Å². The molecule has 2 N–H and O–H groups in total. The second-order valence-electron chi connectivity index (χ2n) is 1.64. The molecule has 0 rings (SSSR count). The fourth-order valence-corrected chi connectivity index (χ4v) is 0.391. The van der Waals surface area contributed by atoms with Crippen LogP contribution in [0.2, 0.25) is 0 Å². The molecule has 0 saturated carbocycles. The number of hydrogen-bond donors (Lipinski definition) is 2. The fourth-order valence-electron chi connectivity index (χ4n) is 0.391. The zero-order valence-electron chi connectivity index (χ0n) is 4.83. The number of carboxylic acid groups (broad SMARTS) is 2. The minimum absolute atomic E-state index is 0. The van der Waals surface area contributed by atoms with Crippen molar-refractivity contribution in [3.8, 4) is 0 Å². The van der Waals surface area contributed by atoms with Crippen molar-refractivity contribution in [3.05, 3.63) is 0 Å². The molecule has 0 aromatic carbocycles. The Kier molecular flexibility index (Phi) is 8.89. The number of carbonyl (C=O) groups is 2. The third-order valence-electron chi connectivity index (χ3n) is 0.781. The van der Waals surface area contributed by atoms with E-state index in [4.69, 9.17) is 10.2 Å². The van der Waals surface area contributed by atoms with Crippen molar-refractivity contribution in [1.29, 1.82) is 0 Å². The summed E-state index contributed by atoms with van der Waals surface area (Å²) in [5.41, 5.74) is 0. The normalized spacial score (nSPS) is 8.00. The summed E-state index contributed by atoms with van der Waals surface area (Å²) in [6.07, 6.45) is 0.0866. The SMILES string of the molecule is O=C(O)CCCC(=O)O.[NaH]. The van der Waals surface area contributed by atoms with Crippen LogP contribution in [0.25, 0.3) is 0 Å². The summed E-state index contributed by atoms with van der Waals surface area (Å²) in [4.78, 5) is 19.6. The molecular formula is C5H9NaO4. The Morgan fingerprint density at radius 3 is 1.50 bits per heavy atom. The average Bonchev–Trinajstić information content (AvgIpc) is 1.63. The van der Waals surface area contributed by atoms with E-state index in [1.165, 1.54) is 0 Å². The molecule has 0 aromatic heterocycles. The molecule has 0 fully saturated rings. The summed E-state index contributed by atoms with van der Waals surface area (Å²) in [6.45, 7) is 0. The first-order chi connectivity index (χ1) is 4.13. The van der Waals surface area contributed by atoms with Gasteiger partial charge in [-0.05, 0) is 6.42 Å². The van der Waals surface area contributed by atoms with Crippen molar-refractivity contribution in [2.75, 3.05) is 0 Å². The molecule has 4 nitrogen and oxygen atoms in total.